The lowest BCUT2D eigenvalue weighted by Crippen LogP contribution is -1.84. The van der Waals surface area contributed by atoms with E-state index in [1.165, 1.54) is 12.1 Å². The van der Waals surface area contributed by atoms with Gasteiger partial charge in [0.25, 0.3) is 5.89 Å². The first-order chi connectivity index (χ1) is 9.78. The quantitative estimate of drug-likeness (QED) is 0.683. The molecule has 0 unspecified atom stereocenters. The number of aromatic nitrogens is 2. The molecule has 5 heteroatoms. The van der Waals surface area contributed by atoms with Crippen molar-refractivity contribution in [2.75, 3.05) is 0 Å². The Bertz CT molecular complexity index is 736. The molecule has 4 nitrogen and oxygen atoms in total. The van der Waals surface area contributed by atoms with Gasteiger partial charge in [-0.3, -0.25) is 9.78 Å². The number of rotatable bonds is 3. The van der Waals surface area contributed by atoms with Gasteiger partial charge in [-0.15, -0.1) is 0 Å². The van der Waals surface area contributed by atoms with Gasteiger partial charge in [-0.25, -0.2) is 9.37 Å². The molecule has 0 bridgehead atoms. The van der Waals surface area contributed by atoms with Crippen LogP contribution in [0.3, 0.4) is 0 Å². The predicted molar refractivity (Wildman–Crippen MR) is 70.5 cm³/mol. The molecule has 0 fully saturated rings. The smallest absolute Gasteiger partial charge is 0.260 e. The van der Waals surface area contributed by atoms with Crippen molar-refractivity contribution in [3.63, 3.8) is 0 Å². The van der Waals surface area contributed by atoms with Gasteiger partial charge in [-0.1, -0.05) is 0 Å². The van der Waals surface area contributed by atoms with Gasteiger partial charge >= 0.3 is 0 Å². The molecule has 20 heavy (non-hydrogen) atoms. The summed E-state index contributed by atoms with van der Waals surface area (Å²) in [5.41, 5.74) is 1.92. The molecule has 0 aliphatic rings. The van der Waals surface area contributed by atoms with Crippen molar-refractivity contribution >= 4 is 6.29 Å². The summed E-state index contributed by atoms with van der Waals surface area (Å²) >= 11 is 0. The Morgan fingerprint density at radius 3 is 2.35 bits per heavy atom. The first-order valence-corrected chi connectivity index (χ1v) is 5.90. The molecule has 0 aliphatic carbocycles. The van der Waals surface area contributed by atoms with E-state index in [9.17, 15) is 9.18 Å². The minimum absolute atomic E-state index is 0.0175. The number of carbonyl (C=O) groups excluding carboxylic acids is 1. The highest BCUT2D eigenvalue weighted by atomic mass is 19.1. The molecule has 2 aromatic heterocycles. The van der Waals surface area contributed by atoms with E-state index in [1.54, 1.807) is 36.7 Å². The third-order valence-electron chi connectivity index (χ3n) is 2.80. The van der Waals surface area contributed by atoms with Crippen LogP contribution >= 0.6 is 0 Å². The Hall–Kier alpha value is -2.82. The van der Waals surface area contributed by atoms with Gasteiger partial charge in [0.05, 0.1) is 0 Å². The van der Waals surface area contributed by atoms with Crippen LogP contribution in [0, 0.1) is 5.82 Å². The maximum absolute atomic E-state index is 13.0. The highest BCUT2D eigenvalue weighted by Crippen LogP contribution is 2.31. The lowest BCUT2D eigenvalue weighted by molar-refractivity contribution is 0.109. The van der Waals surface area contributed by atoms with Crippen molar-refractivity contribution in [3.8, 4) is 22.6 Å². The largest absolute Gasteiger partial charge is 0.433 e. The summed E-state index contributed by atoms with van der Waals surface area (Å²) in [6.45, 7) is 0. The fraction of sp³-hybridized carbons (Fsp3) is 0. The molecule has 1 aromatic carbocycles. The number of aldehydes is 1. The zero-order valence-electron chi connectivity index (χ0n) is 10.3. The topological polar surface area (TPSA) is 56.0 Å². The fourth-order valence-corrected chi connectivity index (χ4v) is 1.89. The molecule has 98 valence electrons. The summed E-state index contributed by atoms with van der Waals surface area (Å²) in [6.07, 6.45) is 3.78. The first-order valence-electron chi connectivity index (χ1n) is 5.90. The number of nitrogens with zero attached hydrogens (tertiary/aromatic N) is 2. The van der Waals surface area contributed by atoms with Crippen LogP contribution in [-0.2, 0) is 0 Å². The Balaban J connectivity index is 2.17. The second kappa shape index (κ2) is 5.05. The molecular formula is C15H9FN2O2. The molecule has 0 radical (unpaired) electrons. The third kappa shape index (κ3) is 2.21. The van der Waals surface area contributed by atoms with Gasteiger partial charge < -0.3 is 4.42 Å². The van der Waals surface area contributed by atoms with Crippen molar-refractivity contribution in [2.45, 2.75) is 0 Å². The van der Waals surface area contributed by atoms with Crippen molar-refractivity contribution in [2.24, 2.45) is 0 Å². The standard InChI is InChI=1S/C15H9FN2O2/c16-12-3-1-10(2-4-12)14-15(20-13(9-19)18-14)11-5-7-17-8-6-11/h1-9H. The SMILES string of the molecule is O=Cc1nc(-c2ccc(F)cc2)c(-c2ccncc2)o1. The number of hydrogen-bond donors (Lipinski definition) is 0. The molecule has 0 atom stereocenters. The molecular weight excluding hydrogens is 259 g/mol. The van der Waals surface area contributed by atoms with Crippen molar-refractivity contribution < 1.29 is 13.6 Å². The number of hydrogen-bond acceptors (Lipinski definition) is 4. The summed E-state index contributed by atoms with van der Waals surface area (Å²) in [5, 5.41) is 0. The Labute approximate surface area is 113 Å². The van der Waals surface area contributed by atoms with Crippen LogP contribution in [0.2, 0.25) is 0 Å². The van der Waals surface area contributed by atoms with Gasteiger partial charge in [0.2, 0.25) is 6.29 Å². The third-order valence-corrected chi connectivity index (χ3v) is 2.80. The first kappa shape index (κ1) is 12.2. The average Bonchev–Trinajstić information content (AvgIpc) is 2.93. The van der Waals surface area contributed by atoms with Crippen molar-refractivity contribution in [1.82, 2.24) is 9.97 Å². The molecule has 0 N–H and O–H groups in total. The molecule has 0 saturated heterocycles. The summed E-state index contributed by atoms with van der Waals surface area (Å²) < 4.78 is 18.4. The zero-order chi connectivity index (χ0) is 13.9. The highest BCUT2D eigenvalue weighted by molar-refractivity contribution is 5.80. The van der Waals surface area contributed by atoms with Crippen molar-refractivity contribution in [3.05, 3.63) is 60.5 Å². The number of oxazole rings is 1. The van der Waals surface area contributed by atoms with E-state index in [4.69, 9.17) is 4.42 Å². The minimum Gasteiger partial charge on any atom is -0.433 e. The minimum atomic E-state index is -0.335. The maximum Gasteiger partial charge on any atom is 0.260 e. The molecule has 2 heterocycles. The molecule has 3 aromatic rings. The summed E-state index contributed by atoms with van der Waals surface area (Å²) in [5.74, 6) is 0.107. The second-order valence-electron chi connectivity index (χ2n) is 4.09. The molecule has 0 aliphatic heterocycles. The zero-order valence-corrected chi connectivity index (χ0v) is 10.3. The second-order valence-corrected chi connectivity index (χ2v) is 4.09. The van der Waals surface area contributed by atoms with Crippen LogP contribution in [0.5, 0.6) is 0 Å². The molecule has 0 saturated carbocycles. The lowest BCUT2D eigenvalue weighted by atomic mass is 10.1. The van der Waals surface area contributed by atoms with Crippen LogP contribution < -0.4 is 0 Å². The number of benzene rings is 1. The predicted octanol–water partition coefficient (Wildman–Crippen LogP) is 3.36. The lowest BCUT2D eigenvalue weighted by Gasteiger charge is -2.01. The normalized spacial score (nSPS) is 10.4. The van der Waals surface area contributed by atoms with Gasteiger partial charge in [0, 0.05) is 23.5 Å². The summed E-state index contributed by atoms with van der Waals surface area (Å²) in [4.78, 5) is 18.9. The van der Waals surface area contributed by atoms with Crippen LogP contribution in [0.1, 0.15) is 10.7 Å². The van der Waals surface area contributed by atoms with E-state index >= 15 is 0 Å². The van der Waals surface area contributed by atoms with E-state index in [0.29, 0.717) is 23.3 Å². The number of carbonyl (C=O) groups is 1. The van der Waals surface area contributed by atoms with Crippen LogP contribution in [0.15, 0.2) is 53.2 Å². The summed E-state index contributed by atoms with van der Waals surface area (Å²) in [7, 11) is 0. The van der Waals surface area contributed by atoms with E-state index < -0.39 is 0 Å². The maximum atomic E-state index is 13.0. The Morgan fingerprint density at radius 1 is 1.00 bits per heavy atom. The van der Waals surface area contributed by atoms with Gasteiger partial charge in [-0.2, -0.15) is 0 Å². The van der Waals surface area contributed by atoms with E-state index in [0.717, 1.165) is 5.56 Å². The van der Waals surface area contributed by atoms with Gasteiger partial charge in [0.15, 0.2) is 5.76 Å². The Kier molecular flexibility index (Phi) is 3.09. The summed E-state index contributed by atoms with van der Waals surface area (Å²) in [6, 6.07) is 9.35. The highest BCUT2D eigenvalue weighted by Gasteiger charge is 2.16. The molecule has 3 rings (SSSR count). The monoisotopic (exact) mass is 268 g/mol. The van der Waals surface area contributed by atoms with Gasteiger partial charge in [0.1, 0.15) is 11.5 Å². The number of pyridine rings is 1. The van der Waals surface area contributed by atoms with Crippen molar-refractivity contribution in [1.29, 1.82) is 0 Å². The Morgan fingerprint density at radius 2 is 1.70 bits per heavy atom. The molecule has 0 amide bonds. The van der Waals surface area contributed by atoms with Crippen LogP contribution in [-0.4, -0.2) is 16.3 Å². The van der Waals surface area contributed by atoms with E-state index in [2.05, 4.69) is 9.97 Å². The number of halogens is 1. The average molecular weight is 268 g/mol. The van der Waals surface area contributed by atoms with Crippen LogP contribution in [0.4, 0.5) is 4.39 Å². The fourth-order valence-electron chi connectivity index (χ4n) is 1.89. The van der Waals surface area contributed by atoms with Crippen LogP contribution in [0.25, 0.3) is 22.6 Å². The molecule has 0 spiro atoms. The van der Waals surface area contributed by atoms with Gasteiger partial charge in [-0.05, 0) is 36.4 Å². The van der Waals surface area contributed by atoms with E-state index in [-0.39, 0.29) is 11.7 Å². The van der Waals surface area contributed by atoms with E-state index in [1.807, 2.05) is 0 Å².